The molecule has 1 aromatic rings. The zero-order valence-corrected chi connectivity index (χ0v) is 11.5. The van der Waals surface area contributed by atoms with Crippen LogP contribution < -0.4 is 4.74 Å². The van der Waals surface area contributed by atoms with Crippen molar-refractivity contribution in [2.75, 3.05) is 39.7 Å². The van der Waals surface area contributed by atoms with Crippen molar-refractivity contribution in [2.24, 2.45) is 0 Å². The van der Waals surface area contributed by atoms with Crippen molar-refractivity contribution in [3.8, 4) is 5.75 Å². The Morgan fingerprint density at radius 1 is 1.18 bits per heavy atom. The van der Waals surface area contributed by atoms with Crippen LogP contribution in [0.2, 0.25) is 0 Å². The lowest BCUT2D eigenvalue weighted by Crippen LogP contribution is -2.23. The number of thiol groups is 1. The van der Waals surface area contributed by atoms with Gasteiger partial charge in [0, 0.05) is 18.8 Å². The molecule has 0 aliphatic heterocycles. The fraction of sp³-hybridized carbons (Fsp3) is 0.538. The smallest absolute Gasteiger partial charge is 0.118 e. The van der Waals surface area contributed by atoms with Crippen LogP contribution in [0.5, 0.6) is 5.75 Å². The van der Waals surface area contributed by atoms with Gasteiger partial charge in [0.15, 0.2) is 0 Å². The molecular weight excluding hydrogens is 234 g/mol. The lowest BCUT2D eigenvalue weighted by molar-refractivity contribution is 0.122. The molecule has 0 radical (unpaired) electrons. The van der Waals surface area contributed by atoms with Crippen LogP contribution in [0.4, 0.5) is 0 Å². The Hall–Kier alpha value is -0.710. The summed E-state index contributed by atoms with van der Waals surface area (Å²) < 4.78 is 10.5. The first-order valence-electron chi connectivity index (χ1n) is 5.76. The van der Waals surface area contributed by atoms with Gasteiger partial charge in [0.05, 0.1) is 20.3 Å². The quantitative estimate of drug-likeness (QED) is 0.568. The molecule has 0 aliphatic rings. The zero-order valence-electron chi connectivity index (χ0n) is 10.6. The minimum Gasteiger partial charge on any atom is -0.497 e. The van der Waals surface area contributed by atoms with Crippen LogP contribution in [-0.4, -0.2) is 44.6 Å². The van der Waals surface area contributed by atoms with Gasteiger partial charge < -0.3 is 9.47 Å². The molecule has 0 unspecified atom stereocenters. The van der Waals surface area contributed by atoms with Gasteiger partial charge in [-0.15, -0.1) is 0 Å². The predicted molar refractivity (Wildman–Crippen MR) is 74.0 cm³/mol. The van der Waals surface area contributed by atoms with Gasteiger partial charge in [0.25, 0.3) is 0 Å². The van der Waals surface area contributed by atoms with Crippen LogP contribution in [0, 0.1) is 0 Å². The Labute approximate surface area is 109 Å². The van der Waals surface area contributed by atoms with Gasteiger partial charge in [-0.2, -0.15) is 12.6 Å². The maximum atomic E-state index is 5.39. The van der Waals surface area contributed by atoms with E-state index in [1.54, 1.807) is 7.11 Å². The lowest BCUT2D eigenvalue weighted by atomic mass is 10.2. The molecule has 1 rings (SSSR count). The first kappa shape index (κ1) is 14.4. The molecule has 0 bridgehead atoms. The number of rotatable bonds is 8. The Bertz CT molecular complexity index is 303. The van der Waals surface area contributed by atoms with E-state index in [0.717, 1.165) is 37.8 Å². The van der Waals surface area contributed by atoms with Crippen LogP contribution in [0.1, 0.15) is 5.56 Å². The summed E-state index contributed by atoms with van der Waals surface area (Å²) >= 11 is 4.09. The number of hydrogen-bond acceptors (Lipinski definition) is 4. The normalized spacial score (nSPS) is 10.8. The number of likely N-dealkylation sites (N-methyl/N-ethyl adjacent to an activating group) is 1. The minimum atomic E-state index is 0.722. The van der Waals surface area contributed by atoms with E-state index >= 15 is 0 Å². The maximum Gasteiger partial charge on any atom is 0.118 e. The largest absolute Gasteiger partial charge is 0.497 e. The van der Waals surface area contributed by atoms with Crippen molar-refractivity contribution in [3.05, 3.63) is 29.8 Å². The Balaban J connectivity index is 2.26. The summed E-state index contributed by atoms with van der Waals surface area (Å²) in [6.07, 6.45) is 0. The van der Waals surface area contributed by atoms with E-state index in [-0.39, 0.29) is 0 Å². The first-order valence-corrected chi connectivity index (χ1v) is 6.39. The van der Waals surface area contributed by atoms with Gasteiger partial charge in [-0.25, -0.2) is 0 Å². The molecule has 4 heteroatoms. The van der Waals surface area contributed by atoms with Crippen LogP contribution in [0.15, 0.2) is 24.3 Å². The summed E-state index contributed by atoms with van der Waals surface area (Å²) in [6, 6.07) is 8.15. The summed E-state index contributed by atoms with van der Waals surface area (Å²) in [4.78, 5) is 2.24. The van der Waals surface area contributed by atoms with Gasteiger partial charge in [-0.3, -0.25) is 4.90 Å². The van der Waals surface area contributed by atoms with E-state index in [1.807, 2.05) is 12.1 Å². The SMILES string of the molecule is COc1ccc(CN(C)CCOCCS)cc1. The highest BCUT2D eigenvalue weighted by molar-refractivity contribution is 7.80. The highest BCUT2D eigenvalue weighted by Crippen LogP contribution is 2.12. The van der Waals surface area contributed by atoms with Crippen molar-refractivity contribution in [1.82, 2.24) is 4.90 Å². The summed E-state index contributed by atoms with van der Waals surface area (Å²) in [5.74, 6) is 1.68. The van der Waals surface area contributed by atoms with Crippen LogP contribution in [0.3, 0.4) is 0 Å². The van der Waals surface area contributed by atoms with Gasteiger partial charge >= 0.3 is 0 Å². The van der Waals surface area contributed by atoms with Crippen LogP contribution in [0.25, 0.3) is 0 Å². The maximum absolute atomic E-state index is 5.39. The lowest BCUT2D eigenvalue weighted by Gasteiger charge is -2.16. The van der Waals surface area contributed by atoms with Crippen molar-refractivity contribution < 1.29 is 9.47 Å². The number of benzene rings is 1. The van der Waals surface area contributed by atoms with Gasteiger partial charge in [-0.1, -0.05) is 12.1 Å². The molecule has 0 amide bonds. The highest BCUT2D eigenvalue weighted by Gasteiger charge is 2.00. The molecule has 0 saturated carbocycles. The standard InChI is InChI=1S/C13H21NO2S/c1-14(7-8-16-9-10-17)11-12-3-5-13(15-2)6-4-12/h3-6,17H,7-11H2,1-2H3. The number of ether oxygens (including phenoxy) is 2. The summed E-state index contributed by atoms with van der Waals surface area (Å²) in [5, 5.41) is 0. The van der Waals surface area contributed by atoms with E-state index in [4.69, 9.17) is 9.47 Å². The van der Waals surface area contributed by atoms with Gasteiger partial charge in [0.1, 0.15) is 5.75 Å². The summed E-state index contributed by atoms with van der Waals surface area (Å²) in [5.41, 5.74) is 1.28. The Kier molecular flexibility index (Phi) is 7.08. The van der Waals surface area contributed by atoms with Crippen molar-refractivity contribution in [2.45, 2.75) is 6.54 Å². The fourth-order valence-corrected chi connectivity index (χ4v) is 1.64. The highest BCUT2D eigenvalue weighted by atomic mass is 32.1. The van der Waals surface area contributed by atoms with Crippen molar-refractivity contribution in [3.63, 3.8) is 0 Å². The molecule has 0 atom stereocenters. The summed E-state index contributed by atoms with van der Waals surface area (Å²) in [6.45, 7) is 3.33. The predicted octanol–water partition coefficient (Wildman–Crippen LogP) is 2.07. The average Bonchev–Trinajstić information content (AvgIpc) is 2.36. The minimum absolute atomic E-state index is 0.722. The fourth-order valence-electron chi connectivity index (χ4n) is 1.51. The number of methoxy groups -OCH3 is 1. The molecule has 3 nitrogen and oxygen atoms in total. The zero-order chi connectivity index (χ0) is 12.5. The monoisotopic (exact) mass is 255 g/mol. The third kappa shape index (κ3) is 5.96. The van der Waals surface area contributed by atoms with E-state index in [2.05, 4.69) is 36.7 Å². The van der Waals surface area contributed by atoms with Gasteiger partial charge in [0.2, 0.25) is 0 Å². The molecule has 17 heavy (non-hydrogen) atoms. The molecule has 96 valence electrons. The Morgan fingerprint density at radius 2 is 1.88 bits per heavy atom. The number of nitrogens with zero attached hydrogens (tertiary/aromatic N) is 1. The van der Waals surface area contributed by atoms with E-state index in [0.29, 0.717) is 0 Å². The molecule has 0 saturated heterocycles. The topological polar surface area (TPSA) is 21.7 Å². The average molecular weight is 255 g/mol. The molecule has 0 aromatic heterocycles. The van der Waals surface area contributed by atoms with Crippen LogP contribution in [-0.2, 0) is 11.3 Å². The molecule has 0 spiro atoms. The first-order chi connectivity index (χ1) is 8.26. The third-order valence-corrected chi connectivity index (χ3v) is 2.65. The second-order valence-electron chi connectivity index (χ2n) is 3.92. The van der Waals surface area contributed by atoms with E-state index in [1.165, 1.54) is 5.56 Å². The molecule has 0 heterocycles. The molecular formula is C13H21NO2S. The molecule has 0 aliphatic carbocycles. The van der Waals surface area contributed by atoms with E-state index in [9.17, 15) is 0 Å². The van der Waals surface area contributed by atoms with Gasteiger partial charge in [-0.05, 0) is 24.7 Å². The van der Waals surface area contributed by atoms with Crippen molar-refractivity contribution >= 4 is 12.6 Å². The number of hydrogen-bond donors (Lipinski definition) is 1. The van der Waals surface area contributed by atoms with E-state index < -0.39 is 0 Å². The second kappa shape index (κ2) is 8.39. The van der Waals surface area contributed by atoms with Crippen molar-refractivity contribution in [1.29, 1.82) is 0 Å². The molecule has 0 N–H and O–H groups in total. The molecule has 0 fully saturated rings. The third-order valence-electron chi connectivity index (χ3n) is 2.46. The Morgan fingerprint density at radius 3 is 2.47 bits per heavy atom. The van der Waals surface area contributed by atoms with Crippen LogP contribution >= 0.6 is 12.6 Å². The molecule has 1 aromatic carbocycles. The summed E-state index contributed by atoms with van der Waals surface area (Å²) in [7, 11) is 3.77. The second-order valence-corrected chi connectivity index (χ2v) is 4.37.